The van der Waals surface area contributed by atoms with Crippen LogP contribution in [0, 0.1) is 6.92 Å². The number of carbonyl (C=O) groups is 1. The molecule has 10 heteroatoms. The van der Waals surface area contributed by atoms with Crippen LogP contribution in [0.5, 0.6) is 0 Å². The first kappa shape index (κ1) is 28.5. The average Bonchev–Trinajstić information content (AvgIpc) is 3.41. The number of aliphatic hydroxyl groups is 2. The third kappa shape index (κ3) is 6.92. The maximum absolute atomic E-state index is 13.5. The summed E-state index contributed by atoms with van der Waals surface area (Å²) in [5, 5.41) is 24.3. The van der Waals surface area contributed by atoms with Gasteiger partial charge in [0.15, 0.2) is 5.60 Å². The van der Waals surface area contributed by atoms with E-state index in [1.165, 1.54) is 12.1 Å². The molecule has 0 radical (unpaired) electrons. The first-order valence-corrected chi connectivity index (χ1v) is 12.8. The minimum absolute atomic E-state index is 0.0865. The molecule has 1 saturated heterocycles. The van der Waals surface area contributed by atoms with E-state index in [4.69, 9.17) is 14.2 Å². The topological polar surface area (TPSA) is 97.3 Å². The van der Waals surface area contributed by atoms with Gasteiger partial charge in [0.1, 0.15) is 6.10 Å². The summed E-state index contributed by atoms with van der Waals surface area (Å²) in [5.41, 5.74) is -0.261. The number of carbonyl (C=O) groups excluding carboxylic acids is 1. The fraction of sp³-hybridized carbons (Fsp3) is 0.536. The van der Waals surface area contributed by atoms with E-state index in [2.05, 4.69) is 5.32 Å². The fourth-order valence-electron chi connectivity index (χ4n) is 4.96. The molecule has 2 fully saturated rings. The summed E-state index contributed by atoms with van der Waals surface area (Å²) < 4.78 is 57.0. The van der Waals surface area contributed by atoms with Gasteiger partial charge in [-0.1, -0.05) is 36.4 Å². The van der Waals surface area contributed by atoms with Crippen molar-refractivity contribution < 1.29 is 42.4 Å². The van der Waals surface area contributed by atoms with E-state index >= 15 is 0 Å². The summed E-state index contributed by atoms with van der Waals surface area (Å²) in [6, 6.07) is 12.2. The predicted molar refractivity (Wildman–Crippen MR) is 132 cm³/mol. The molecule has 7 nitrogen and oxygen atoms in total. The molecule has 2 unspecified atom stereocenters. The molecule has 0 aromatic heterocycles. The van der Waals surface area contributed by atoms with Gasteiger partial charge < -0.3 is 29.7 Å². The van der Waals surface area contributed by atoms with Crippen LogP contribution < -0.4 is 5.32 Å². The summed E-state index contributed by atoms with van der Waals surface area (Å²) in [6.07, 6.45) is -6.89. The summed E-state index contributed by atoms with van der Waals surface area (Å²) in [7, 11) is 0. The second kappa shape index (κ2) is 12.1. The Bertz CT molecular complexity index is 1090. The van der Waals surface area contributed by atoms with E-state index in [0.29, 0.717) is 6.61 Å². The molecule has 1 heterocycles. The molecule has 0 spiro atoms. The van der Waals surface area contributed by atoms with E-state index in [1.807, 2.05) is 31.2 Å². The number of nitrogens with one attached hydrogen (secondary N) is 1. The Hall–Kier alpha value is -2.50. The van der Waals surface area contributed by atoms with Crippen LogP contribution in [0.25, 0.3) is 0 Å². The zero-order valence-corrected chi connectivity index (χ0v) is 21.2. The van der Waals surface area contributed by atoms with Crippen molar-refractivity contribution in [2.75, 3.05) is 13.2 Å². The van der Waals surface area contributed by atoms with Crippen molar-refractivity contribution in [2.45, 2.75) is 82.0 Å². The molecule has 0 bridgehead atoms. The van der Waals surface area contributed by atoms with Crippen LogP contribution in [-0.2, 0) is 38.4 Å². The summed E-state index contributed by atoms with van der Waals surface area (Å²) in [5.74, 6) is -0.458. The maximum atomic E-state index is 13.5. The molecule has 2 aromatic rings. The molecule has 208 valence electrons. The van der Waals surface area contributed by atoms with Gasteiger partial charge in [0.2, 0.25) is 0 Å². The standard InChI is InChI=1S/C28H34F3NO6/c1-18-6-2-3-8-20(18)17-38-27(26(35)32-15-22-10-5-11-36-22)13-23(33)25(34)24(14-27)37-16-19-7-4-9-21(12-19)28(29,30)31/h2-4,6-9,12,22-25,33-34H,5,10-11,13-17H2,1H3,(H,32,35)/t22?,23-,24?,25-,27+/m1/s1. The first-order valence-electron chi connectivity index (χ1n) is 12.8. The predicted octanol–water partition coefficient (Wildman–Crippen LogP) is 3.67. The number of ether oxygens (including phenoxy) is 3. The number of hydrogen-bond acceptors (Lipinski definition) is 6. The van der Waals surface area contributed by atoms with E-state index < -0.39 is 41.6 Å². The van der Waals surface area contributed by atoms with Crippen LogP contribution in [0.1, 0.15) is 47.9 Å². The number of hydrogen-bond donors (Lipinski definition) is 3. The van der Waals surface area contributed by atoms with Crippen LogP contribution in [0.15, 0.2) is 48.5 Å². The second-order valence-electron chi connectivity index (χ2n) is 10.1. The molecule has 3 N–H and O–H groups in total. The highest BCUT2D eigenvalue weighted by atomic mass is 19.4. The second-order valence-corrected chi connectivity index (χ2v) is 10.1. The summed E-state index contributed by atoms with van der Waals surface area (Å²) in [4.78, 5) is 13.5. The zero-order chi connectivity index (χ0) is 27.3. The van der Waals surface area contributed by atoms with Crippen LogP contribution in [0.4, 0.5) is 13.2 Å². The Kier molecular flexibility index (Phi) is 9.10. The summed E-state index contributed by atoms with van der Waals surface area (Å²) in [6.45, 7) is 2.67. The average molecular weight is 538 g/mol. The lowest BCUT2D eigenvalue weighted by molar-refractivity contribution is -0.200. The van der Waals surface area contributed by atoms with E-state index in [1.54, 1.807) is 0 Å². The lowest BCUT2D eigenvalue weighted by Crippen LogP contribution is -2.61. The number of halogens is 3. The van der Waals surface area contributed by atoms with Crippen molar-refractivity contribution in [1.82, 2.24) is 5.32 Å². The van der Waals surface area contributed by atoms with Gasteiger partial charge >= 0.3 is 6.18 Å². The van der Waals surface area contributed by atoms with Crippen molar-refractivity contribution >= 4 is 5.91 Å². The number of aryl methyl sites for hydroxylation is 1. The van der Waals surface area contributed by atoms with Gasteiger partial charge in [0, 0.05) is 26.0 Å². The summed E-state index contributed by atoms with van der Waals surface area (Å²) >= 11 is 0. The van der Waals surface area contributed by atoms with Crippen molar-refractivity contribution in [2.24, 2.45) is 0 Å². The van der Waals surface area contributed by atoms with E-state index in [-0.39, 0.29) is 44.3 Å². The normalized spacial score (nSPS) is 27.8. The van der Waals surface area contributed by atoms with Gasteiger partial charge in [-0.2, -0.15) is 13.2 Å². The maximum Gasteiger partial charge on any atom is 0.416 e. The molecule has 4 rings (SSSR count). The number of amides is 1. The van der Waals surface area contributed by atoms with Crippen molar-refractivity contribution in [3.05, 3.63) is 70.8 Å². The number of alkyl halides is 3. The Labute approximate surface area is 219 Å². The largest absolute Gasteiger partial charge is 0.416 e. The van der Waals surface area contributed by atoms with Crippen molar-refractivity contribution in [3.63, 3.8) is 0 Å². The third-order valence-electron chi connectivity index (χ3n) is 7.26. The molecule has 38 heavy (non-hydrogen) atoms. The SMILES string of the molecule is Cc1ccccc1CO[C@]1(C(=O)NCC2CCCO2)CC(OCc2cccc(C(F)(F)F)c2)[C@H](O)[C@H](O)C1. The molecule has 2 aromatic carbocycles. The Morgan fingerprint density at radius 1 is 1.13 bits per heavy atom. The van der Waals surface area contributed by atoms with Gasteiger partial charge in [0.25, 0.3) is 5.91 Å². The monoisotopic (exact) mass is 537 g/mol. The number of rotatable bonds is 9. The molecule has 1 saturated carbocycles. The molecular weight excluding hydrogens is 503 g/mol. The molecule has 5 atom stereocenters. The minimum Gasteiger partial charge on any atom is -0.390 e. The Morgan fingerprint density at radius 2 is 1.92 bits per heavy atom. The van der Waals surface area contributed by atoms with Gasteiger partial charge in [-0.25, -0.2) is 0 Å². The highest BCUT2D eigenvalue weighted by molar-refractivity contribution is 5.85. The highest BCUT2D eigenvalue weighted by Gasteiger charge is 2.51. The zero-order valence-electron chi connectivity index (χ0n) is 21.2. The van der Waals surface area contributed by atoms with Crippen LogP contribution in [-0.4, -0.2) is 59.3 Å². The van der Waals surface area contributed by atoms with Gasteiger partial charge in [-0.15, -0.1) is 0 Å². The van der Waals surface area contributed by atoms with Crippen LogP contribution in [0.2, 0.25) is 0 Å². The van der Waals surface area contributed by atoms with E-state index in [0.717, 1.165) is 36.1 Å². The Morgan fingerprint density at radius 3 is 2.63 bits per heavy atom. The van der Waals surface area contributed by atoms with Crippen LogP contribution in [0.3, 0.4) is 0 Å². The lowest BCUT2D eigenvalue weighted by atomic mass is 9.78. The van der Waals surface area contributed by atoms with Gasteiger partial charge in [-0.3, -0.25) is 4.79 Å². The fourth-order valence-corrected chi connectivity index (χ4v) is 4.96. The molecular formula is C28H34F3NO6. The van der Waals surface area contributed by atoms with Gasteiger partial charge in [-0.05, 0) is 48.6 Å². The molecule has 1 amide bonds. The molecule has 1 aliphatic carbocycles. The third-order valence-corrected chi connectivity index (χ3v) is 7.26. The Balaban J connectivity index is 1.52. The number of aliphatic hydroxyl groups excluding tert-OH is 2. The van der Waals surface area contributed by atoms with Crippen molar-refractivity contribution in [1.29, 1.82) is 0 Å². The van der Waals surface area contributed by atoms with Crippen LogP contribution >= 0.6 is 0 Å². The molecule has 2 aliphatic rings. The smallest absolute Gasteiger partial charge is 0.390 e. The first-order chi connectivity index (χ1) is 18.1. The van der Waals surface area contributed by atoms with Gasteiger partial charge in [0.05, 0.1) is 37.1 Å². The highest BCUT2D eigenvalue weighted by Crippen LogP contribution is 2.36. The molecule has 1 aliphatic heterocycles. The quantitative estimate of drug-likeness (QED) is 0.452. The lowest BCUT2D eigenvalue weighted by Gasteiger charge is -2.44. The number of benzene rings is 2. The van der Waals surface area contributed by atoms with Crippen molar-refractivity contribution in [3.8, 4) is 0 Å². The van der Waals surface area contributed by atoms with E-state index in [9.17, 15) is 28.2 Å². The minimum atomic E-state index is -4.50.